The van der Waals surface area contributed by atoms with E-state index in [0.29, 0.717) is 6.42 Å². The Morgan fingerprint density at radius 2 is 0.804 bits per heavy atom. The minimum Gasteiger partial charge on any atom is -0.394 e. The zero-order chi connectivity index (χ0) is 37.3. The maximum absolute atomic E-state index is 12.4. The van der Waals surface area contributed by atoms with Crippen LogP contribution in [-0.2, 0) is 4.79 Å². The number of carbonyl (C=O) groups is 1. The molecule has 0 heterocycles. The number of aliphatic hydroxyl groups excluding tert-OH is 3. The molecule has 0 saturated heterocycles. The Morgan fingerprint density at radius 1 is 0.490 bits per heavy atom. The summed E-state index contributed by atoms with van der Waals surface area (Å²) < 4.78 is 0. The zero-order valence-electron chi connectivity index (χ0n) is 34.5. The number of hydrogen-bond donors (Lipinski definition) is 4. The van der Waals surface area contributed by atoms with E-state index in [-0.39, 0.29) is 18.9 Å². The van der Waals surface area contributed by atoms with Crippen molar-refractivity contribution in [3.63, 3.8) is 0 Å². The Bertz CT molecular complexity index is 713. The number of nitrogens with one attached hydrogen (secondary N) is 1. The second-order valence-corrected chi connectivity index (χ2v) is 16.0. The van der Waals surface area contributed by atoms with Gasteiger partial charge in [-0.15, -0.1) is 0 Å². The van der Waals surface area contributed by atoms with E-state index in [2.05, 4.69) is 19.2 Å². The number of unbranched alkanes of at least 4 members (excludes halogenated alkanes) is 33. The fourth-order valence-corrected chi connectivity index (χ4v) is 7.28. The average molecular weight is 722 g/mol. The van der Waals surface area contributed by atoms with Crippen LogP contribution in [0, 0.1) is 0 Å². The van der Waals surface area contributed by atoms with Gasteiger partial charge in [0, 0.05) is 0 Å². The van der Waals surface area contributed by atoms with Gasteiger partial charge in [0.1, 0.15) is 0 Å². The second kappa shape index (κ2) is 41.8. The Balaban J connectivity index is 3.48. The van der Waals surface area contributed by atoms with Crippen LogP contribution < -0.4 is 5.32 Å². The Hall–Kier alpha value is -0.910. The predicted molar refractivity (Wildman–Crippen MR) is 222 cm³/mol. The summed E-state index contributed by atoms with van der Waals surface area (Å²) in [6.45, 7) is 4.20. The number of aliphatic hydroxyl groups is 3. The van der Waals surface area contributed by atoms with E-state index in [4.69, 9.17) is 0 Å². The number of amides is 1. The molecular formula is C46H91NO4. The molecule has 5 nitrogen and oxygen atoms in total. The highest BCUT2D eigenvalue weighted by Crippen LogP contribution is 2.17. The molecule has 3 atom stereocenters. The zero-order valence-corrected chi connectivity index (χ0v) is 34.5. The highest BCUT2D eigenvalue weighted by Gasteiger charge is 2.20. The summed E-state index contributed by atoms with van der Waals surface area (Å²) >= 11 is 0. The fraction of sp³-hybridized carbons (Fsp3) is 0.935. The molecule has 0 aliphatic heterocycles. The number of rotatable bonds is 42. The lowest BCUT2D eigenvalue weighted by Crippen LogP contribution is -2.45. The molecule has 51 heavy (non-hydrogen) atoms. The van der Waals surface area contributed by atoms with Crippen LogP contribution in [0.5, 0.6) is 0 Å². The SMILES string of the molecule is CCCCCCCCC/C=C/C(O)C(CO)NC(=O)CC(O)CCCCCCCCCCCCCCCCCCCCCCCCCCCCC. The van der Waals surface area contributed by atoms with E-state index >= 15 is 0 Å². The highest BCUT2D eigenvalue weighted by molar-refractivity contribution is 5.76. The maximum atomic E-state index is 12.4. The fourth-order valence-electron chi connectivity index (χ4n) is 7.28. The van der Waals surface area contributed by atoms with Crippen LogP contribution in [0.3, 0.4) is 0 Å². The lowest BCUT2D eigenvalue weighted by molar-refractivity contribution is -0.124. The summed E-state index contributed by atoms with van der Waals surface area (Å²) in [5, 5.41) is 33.1. The van der Waals surface area contributed by atoms with Crippen molar-refractivity contribution in [1.82, 2.24) is 5.32 Å². The number of hydrogen-bond acceptors (Lipinski definition) is 4. The summed E-state index contributed by atoms with van der Waals surface area (Å²) in [5.41, 5.74) is 0. The first kappa shape index (κ1) is 50.1. The summed E-state index contributed by atoms with van der Waals surface area (Å²) in [6, 6.07) is -0.737. The van der Waals surface area contributed by atoms with Crippen molar-refractivity contribution in [3.8, 4) is 0 Å². The van der Waals surface area contributed by atoms with Gasteiger partial charge in [-0.2, -0.15) is 0 Å². The van der Waals surface area contributed by atoms with Crippen molar-refractivity contribution in [2.24, 2.45) is 0 Å². The molecule has 1 amide bonds. The molecule has 5 heteroatoms. The third kappa shape index (κ3) is 38.6. The first-order valence-electron chi connectivity index (χ1n) is 23.0. The monoisotopic (exact) mass is 722 g/mol. The minimum atomic E-state index is -0.922. The van der Waals surface area contributed by atoms with E-state index in [0.717, 1.165) is 25.7 Å². The quantitative estimate of drug-likeness (QED) is 0.0373. The molecule has 4 N–H and O–H groups in total. The standard InChI is InChI=1S/C46H91NO4/c1-3-5-7-9-11-13-14-15-16-17-18-19-20-21-22-23-24-25-26-27-28-29-30-32-33-35-37-39-43(49)41-46(51)47-44(42-48)45(50)40-38-36-34-31-12-10-8-6-4-2/h38,40,43-45,48-50H,3-37,39,41-42H2,1-2H3,(H,47,51)/b40-38+. The molecule has 0 radical (unpaired) electrons. The van der Waals surface area contributed by atoms with Crippen LogP contribution in [0.2, 0.25) is 0 Å². The molecule has 0 aromatic heterocycles. The molecule has 304 valence electrons. The third-order valence-corrected chi connectivity index (χ3v) is 10.8. The van der Waals surface area contributed by atoms with Crippen LogP contribution in [0.25, 0.3) is 0 Å². The van der Waals surface area contributed by atoms with E-state index in [1.165, 1.54) is 199 Å². The molecule has 0 bridgehead atoms. The maximum Gasteiger partial charge on any atom is 0.222 e. The average Bonchev–Trinajstić information content (AvgIpc) is 3.12. The largest absolute Gasteiger partial charge is 0.394 e. The summed E-state index contributed by atoms with van der Waals surface area (Å²) in [7, 11) is 0. The van der Waals surface area contributed by atoms with E-state index in [9.17, 15) is 20.1 Å². The van der Waals surface area contributed by atoms with Gasteiger partial charge in [-0.05, 0) is 19.3 Å². The highest BCUT2D eigenvalue weighted by atomic mass is 16.3. The van der Waals surface area contributed by atoms with Gasteiger partial charge in [0.05, 0.1) is 31.3 Å². The first-order chi connectivity index (χ1) is 25.0. The van der Waals surface area contributed by atoms with Crippen LogP contribution >= 0.6 is 0 Å². The molecule has 0 spiro atoms. The van der Waals surface area contributed by atoms with E-state index in [1.807, 2.05) is 6.08 Å². The second-order valence-electron chi connectivity index (χ2n) is 16.0. The van der Waals surface area contributed by atoms with Gasteiger partial charge in [0.15, 0.2) is 0 Å². The van der Waals surface area contributed by atoms with Crippen LogP contribution in [-0.4, -0.2) is 46.1 Å². The molecule has 0 aromatic carbocycles. The van der Waals surface area contributed by atoms with E-state index in [1.54, 1.807) is 6.08 Å². The topological polar surface area (TPSA) is 89.8 Å². The Kier molecular flexibility index (Phi) is 41.1. The molecule has 3 unspecified atom stereocenters. The third-order valence-electron chi connectivity index (χ3n) is 10.8. The summed E-state index contributed by atoms with van der Waals surface area (Å²) in [5.74, 6) is -0.314. The summed E-state index contributed by atoms with van der Waals surface area (Å²) in [4.78, 5) is 12.4. The minimum absolute atomic E-state index is 0.0183. The van der Waals surface area contributed by atoms with Gasteiger partial charge in [0.25, 0.3) is 0 Å². The molecule has 0 rings (SSSR count). The first-order valence-corrected chi connectivity index (χ1v) is 23.0. The lowest BCUT2D eigenvalue weighted by Gasteiger charge is -2.21. The van der Waals surface area contributed by atoms with E-state index < -0.39 is 18.2 Å². The molecule has 0 fully saturated rings. The van der Waals surface area contributed by atoms with Crippen LogP contribution in [0.15, 0.2) is 12.2 Å². The molecule has 0 aliphatic rings. The molecular weight excluding hydrogens is 631 g/mol. The predicted octanol–water partition coefficient (Wildman–Crippen LogP) is 13.2. The lowest BCUT2D eigenvalue weighted by atomic mass is 10.0. The van der Waals surface area contributed by atoms with Crippen molar-refractivity contribution in [1.29, 1.82) is 0 Å². The van der Waals surface area contributed by atoms with Gasteiger partial charge >= 0.3 is 0 Å². The van der Waals surface area contributed by atoms with Crippen LogP contribution in [0.4, 0.5) is 0 Å². The number of carbonyl (C=O) groups excluding carboxylic acids is 1. The van der Waals surface area contributed by atoms with Crippen molar-refractivity contribution in [3.05, 3.63) is 12.2 Å². The van der Waals surface area contributed by atoms with Gasteiger partial charge in [-0.25, -0.2) is 0 Å². The normalized spacial score (nSPS) is 13.6. The molecule has 0 aliphatic carbocycles. The Morgan fingerprint density at radius 3 is 1.14 bits per heavy atom. The molecule has 0 aromatic rings. The van der Waals surface area contributed by atoms with Gasteiger partial charge in [-0.1, -0.05) is 238 Å². The van der Waals surface area contributed by atoms with Crippen molar-refractivity contribution in [2.75, 3.05) is 6.61 Å². The van der Waals surface area contributed by atoms with Gasteiger partial charge in [0.2, 0.25) is 5.91 Å². The molecule has 0 saturated carbocycles. The van der Waals surface area contributed by atoms with Gasteiger partial charge in [-0.3, -0.25) is 4.79 Å². The van der Waals surface area contributed by atoms with Crippen molar-refractivity contribution >= 4 is 5.91 Å². The summed E-state index contributed by atoms with van der Waals surface area (Å²) in [6.07, 6.45) is 49.6. The van der Waals surface area contributed by atoms with Gasteiger partial charge < -0.3 is 20.6 Å². The van der Waals surface area contributed by atoms with Crippen molar-refractivity contribution < 1.29 is 20.1 Å². The van der Waals surface area contributed by atoms with Crippen molar-refractivity contribution in [2.45, 2.75) is 270 Å². The number of allylic oxidation sites excluding steroid dienone is 1. The smallest absolute Gasteiger partial charge is 0.222 e. The Labute approximate surface area is 319 Å². The van der Waals surface area contributed by atoms with Crippen LogP contribution in [0.1, 0.15) is 251 Å².